The van der Waals surface area contributed by atoms with Crippen molar-refractivity contribution < 1.29 is 4.79 Å². The normalized spacial score (nSPS) is 10.7. The van der Waals surface area contributed by atoms with E-state index in [0.29, 0.717) is 22.3 Å². The number of rotatable bonds is 4. The molecular formula is C15H15Cl2N3O. The molecule has 1 aromatic carbocycles. The predicted octanol–water partition coefficient (Wildman–Crippen LogP) is 3.83. The molecule has 110 valence electrons. The van der Waals surface area contributed by atoms with Gasteiger partial charge in [-0.3, -0.25) is 9.78 Å². The summed E-state index contributed by atoms with van der Waals surface area (Å²) >= 11 is 11.9. The predicted molar refractivity (Wildman–Crippen MR) is 83.5 cm³/mol. The van der Waals surface area contributed by atoms with E-state index in [9.17, 15) is 4.79 Å². The Morgan fingerprint density at radius 3 is 2.57 bits per heavy atom. The highest BCUT2D eigenvalue weighted by Gasteiger charge is 2.20. The van der Waals surface area contributed by atoms with Crippen LogP contribution in [0.2, 0.25) is 10.0 Å². The first-order valence-electron chi connectivity index (χ1n) is 6.50. The average molecular weight is 324 g/mol. The molecule has 1 aromatic heterocycles. The fourth-order valence-electron chi connectivity index (χ4n) is 1.88. The highest BCUT2D eigenvalue weighted by atomic mass is 35.5. The Labute approximate surface area is 133 Å². The number of amides is 1. The van der Waals surface area contributed by atoms with Crippen LogP contribution in [0.3, 0.4) is 0 Å². The molecule has 0 saturated carbocycles. The van der Waals surface area contributed by atoms with Crippen LogP contribution in [-0.2, 0) is 6.54 Å². The van der Waals surface area contributed by atoms with E-state index in [1.807, 2.05) is 19.9 Å². The van der Waals surface area contributed by atoms with Gasteiger partial charge in [0.25, 0.3) is 5.91 Å². The molecule has 0 saturated heterocycles. The van der Waals surface area contributed by atoms with E-state index in [4.69, 9.17) is 23.2 Å². The maximum Gasteiger partial charge on any atom is 0.274 e. The minimum Gasteiger partial charge on any atom is -0.331 e. The third-order valence-electron chi connectivity index (χ3n) is 3.00. The maximum absolute atomic E-state index is 12.5. The van der Waals surface area contributed by atoms with Crippen molar-refractivity contribution in [1.82, 2.24) is 14.9 Å². The molecule has 1 heterocycles. The Morgan fingerprint density at radius 2 is 2.00 bits per heavy atom. The minimum absolute atomic E-state index is 0.0222. The number of nitrogens with zero attached hydrogens (tertiary/aromatic N) is 3. The van der Waals surface area contributed by atoms with Crippen molar-refractivity contribution in [2.45, 2.75) is 26.4 Å². The van der Waals surface area contributed by atoms with Gasteiger partial charge in [-0.1, -0.05) is 29.3 Å². The van der Waals surface area contributed by atoms with Crippen molar-refractivity contribution in [3.8, 4) is 0 Å². The minimum atomic E-state index is -0.163. The first-order valence-corrected chi connectivity index (χ1v) is 7.25. The lowest BCUT2D eigenvalue weighted by molar-refractivity contribution is 0.0683. The van der Waals surface area contributed by atoms with E-state index >= 15 is 0 Å². The van der Waals surface area contributed by atoms with Gasteiger partial charge in [-0.05, 0) is 31.5 Å². The van der Waals surface area contributed by atoms with Crippen LogP contribution in [0.15, 0.2) is 36.8 Å². The van der Waals surface area contributed by atoms with Crippen LogP contribution in [0.1, 0.15) is 29.9 Å². The molecule has 0 N–H and O–H groups in total. The molecule has 4 nitrogen and oxygen atoms in total. The third-order valence-corrected chi connectivity index (χ3v) is 3.74. The van der Waals surface area contributed by atoms with Crippen molar-refractivity contribution in [2.24, 2.45) is 0 Å². The summed E-state index contributed by atoms with van der Waals surface area (Å²) < 4.78 is 0. The first-order chi connectivity index (χ1) is 9.99. The summed E-state index contributed by atoms with van der Waals surface area (Å²) in [5, 5.41) is 0.974. The topological polar surface area (TPSA) is 46.1 Å². The Bertz CT molecular complexity index is 632. The second-order valence-electron chi connectivity index (χ2n) is 4.87. The van der Waals surface area contributed by atoms with Crippen LogP contribution in [0.25, 0.3) is 0 Å². The van der Waals surface area contributed by atoms with Crippen molar-refractivity contribution in [1.29, 1.82) is 0 Å². The Kier molecular flexibility index (Phi) is 5.15. The van der Waals surface area contributed by atoms with E-state index in [2.05, 4.69) is 9.97 Å². The Hall–Kier alpha value is -1.65. The highest BCUT2D eigenvalue weighted by molar-refractivity contribution is 6.42. The van der Waals surface area contributed by atoms with Gasteiger partial charge in [-0.15, -0.1) is 0 Å². The average Bonchev–Trinajstić information content (AvgIpc) is 2.48. The molecule has 0 aliphatic rings. The van der Waals surface area contributed by atoms with E-state index in [1.165, 1.54) is 18.6 Å². The number of benzene rings is 1. The Balaban J connectivity index is 2.23. The van der Waals surface area contributed by atoms with Gasteiger partial charge in [-0.25, -0.2) is 4.98 Å². The molecule has 0 fully saturated rings. The van der Waals surface area contributed by atoms with Crippen molar-refractivity contribution in [3.05, 3.63) is 58.1 Å². The zero-order valence-corrected chi connectivity index (χ0v) is 13.3. The number of hydrogen-bond acceptors (Lipinski definition) is 3. The van der Waals surface area contributed by atoms with Crippen LogP contribution in [-0.4, -0.2) is 26.8 Å². The molecule has 0 aliphatic carbocycles. The van der Waals surface area contributed by atoms with Crippen molar-refractivity contribution >= 4 is 29.1 Å². The van der Waals surface area contributed by atoms with E-state index in [-0.39, 0.29) is 11.9 Å². The highest BCUT2D eigenvalue weighted by Crippen LogP contribution is 2.24. The summed E-state index contributed by atoms with van der Waals surface area (Å²) in [7, 11) is 0. The monoisotopic (exact) mass is 323 g/mol. The summed E-state index contributed by atoms with van der Waals surface area (Å²) in [6.45, 7) is 4.33. The lowest BCUT2D eigenvalue weighted by atomic mass is 10.1. The number of carbonyl (C=O) groups excluding carboxylic acids is 1. The quantitative estimate of drug-likeness (QED) is 0.858. The molecule has 0 spiro atoms. The van der Waals surface area contributed by atoms with Crippen LogP contribution in [0, 0.1) is 0 Å². The maximum atomic E-state index is 12.5. The van der Waals surface area contributed by atoms with Gasteiger partial charge in [0.1, 0.15) is 5.69 Å². The molecule has 0 bridgehead atoms. The molecule has 0 atom stereocenters. The standard InChI is InChI=1S/C15H15Cl2N3O/c1-10(2)20(15(21)14-8-18-5-6-19-14)9-11-3-4-12(16)13(17)7-11/h3-8,10H,9H2,1-2H3. The molecule has 21 heavy (non-hydrogen) atoms. The second kappa shape index (κ2) is 6.87. The number of carbonyl (C=O) groups is 1. The summed E-state index contributed by atoms with van der Waals surface area (Å²) in [6.07, 6.45) is 4.51. The molecule has 6 heteroatoms. The first kappa shape index (κ1) is 15.7. The summed E-state index contributed by atoms with van der Waals surface area (Å²) in [5.41, 5.74) is 1.24. The van der Waals surface area contributed by atoms with Crippen LogP contribution in [0.5, 0.6) is 0 Å². The molecular weight excluding hydrogens is 309 g/mol. The zero-order valence-electron chi connectivity index (χ0n) is 11.8. The summed E-state index contributed by atoms with van der Waals surface area (Å²) in [5.74, 6) is -0.163. The lowest BCUT2D eigenvalue weighted by Crippen LogP contribution is -2.36. The summed E-state index contributed by atoms with van der Waals surface area (Å²) in [6, 6.07) is 5.37. The molecule has 0 unspecified atom stereocenters. The van der Waals surface area contributed by atoms with E-state index < -0.39 is 0 Å². The smallest absolute Gasteiger partial charge is 0.274 e. The van der Waals surface area contributed by atoms with E-state index in [0.717, 1.165) is 5.56 Å². The molecule has 1 amide bonds. The fraction of sp³-hybridized carbons (Fsp3) is 0.267. The van der Waals surface area contributed by atoms with Gasteiger partial charge in [0.2, 0.25) is 0 Å². The van der Waals surface area contributed by atoms with Crippen LogP contribution < -0.4 is 0 Å². The van der Waals surface area contributed by atoms with Gasteiger partial charge in [0, 0.05) is 25.0 Å². The van der Waals surface area contributed by atoms with Crippen LogP contribution >= 0.6 is 23.2 Å². The molecule has 0 aliphatic heterocycles. The zero-order chi connectivity index (χ0) is 15.4. The van der Waals surface area contributed by atoms with Crippen LogP contribution in [0.4, 0.5) is 0 Å². The second-order valence-corrected chi connectivity index (χ2v) is 5.68. The van der Waals surface area contributed by atoms with E-state index in [1.54, 1.807) is 17.0 Å². The van der Waals surface area contributed by atoms with Gasteiger partial charge in [-0.2, -0.15) is 0 Å². The molecule has 0 radical (unpaired) electrons. The number of aromatic nitrogens is 2. The van der Waals surface area contributed by atoms with Crippen molar-refractivity contribution in [2.75, 3.05) is 0 Å². The summed E-state index contributed by atoms with van der Waals surface area (Å²) in [4.78, 5) is 22.2. The molecule has 2 rings (SSSR count). The molecule has 2 aromatic rings. The SMILES string of the molecule is CC(C)N(Cc1ccc(Cl)c(Cl)c1)C(=O)c1cnccn1. The lowest BCUT2D eigenvalue weighted by Gasteiger charge is -2.26. The van der Waals surface area contributed by atoms with Gasteiger partial charge in [0.15, 0.2) is 0 Å². The third kappa shape index (κ3) is 3.93. The largest absolute Gasteiger partial charge is 0.331 e. The fourth-order valence-corrected chi connectivity index (χ4v) is 2.20. The number of hydrogen-bond donors (Lipinski definition) is 0. The number of halogens is 2. The van der Waals surface area contributed by atoms with Crippen molar-refractivity contribution in [3.63, 3.8) is 0 Å². The Morgan fingerprint density at radius 1 is 1.24 bits per heavy atom. The van der Waals surface area contributed by atoms with Gasteiger partial charge >= 0.3 is 0 Å². The van der Waals surface area contributed by atoms with Gasteiger partial charge < -0.3 is 4.90 Å². The van der Waals surface area contributed by atoms with Gasteiger partial charge in [0.05, 0.1) is 16.2 Å².